The Balaban J connectivity index is 2.16. The van der Waals surface area contributed by atoms with Crippen LogP contribution in [0, 0.1) is 11.3 Å². The van der Waals surface area contributed by atoms with Gasteiger partial charge >= 0.3 is 0 Å². The highest BCUT2D eigenvalue weighted by atomic mass is 32.1. The van der Waals surface area contributed by atoms with Crippen molar-refractivity contribution in [3.05, 3.63) is 52.2 Å². The molecule has 0 aliphatic rings. The molecule has 0 atom stereocenters. The summed E-state index contributed by atoms with van der Waals surface area (Å²) < 4.78 is 5.08. The second-order valence-corrected chi connectivity index (χ2v) is 4.85. The minimum Gasteiger partial charge on any atom is -0.497 e. The summed E-state index contributed by atoms with van der Waals surface area (Å²) in [7, 11) is 1.55. The van der Waals surface area contributed by atoms with Crippen LogP contribution in [0.5, 0.6) is 5.75 Å². The maximum absolute atomic E-state index is 12.0. The van der Waals surface area contributed by atoms with Gasteiger partial charge in [0.05, 0.1) is 7.11 Å². The van der Waals surface area contributed by atoms with Gasteiger partial charge in [0.25, 0.3) is 5.91 Å². The SMILES string of the molecule is COc1cccc(NC(=O)/C(C#N)=C/c2cccs2)c1. The van der Waals surface area contributed by atoms with Crippen LogP contribution in [0.3, 0.4) is 0 Å². The molecule has 2 rings (SSSR count). The van der Waals surface area contributed by atoms with Crippen molar-refractivity contribution < 1.29 is 9.53 Å². The van der Waals surface area contributed by atoms with E-state index in [1.165, 1.54) is 11.3 Å². The molecular weight excluding hydrogens is 272 g/mol. The maximum Gasteiger partial charge on any atom is 0.266 e. The number of amides is 1. The second kappa shape index (κ2) is 6.55. The lowest BCUT2D eigenvalue weighted by atomic mass is 10.2. The van der Waals surface area contributed by atoms with E-state index in [1.807, 2.05) is 23.6 Å². The molecule has 0 radical (unpaired) electrons. The molecular formula is C15H12N2O2S. The van der Waals surface area contributed by atoms with Crippen LogP contribution in [-0.2, 0) is 4.79 Å². The monoisotopic (exact) mass is 284 g/mol. The Morgan fingerprint density at radius 1 is 1.40 bits per heavy atom. The molecule has 0 saturated heterocycles. The third kappa shape index (κ3) is 3.46. The molecule has 0 saturated carbocycles. The minimum absolute atomic E-state index is 0.0651. The van der Waals surface area contributed by atoms with Crippen molar-refractivity contribution in [3.8, 4) is 11.8 Å². The molecule has 4 nitrogen and oxygen atoms in total. The van der Waals surface area contributed by atoms with Crippen LogP contribution in [0.25, 0.3) is 6.08 Å². The van der Waals surface area contributed by atoms with Gasteiger partial charge in [-0.05, 0) is 29.7 Å². The highest BCUT2D eigenvalue weighted by molar-refractivity contribution is 7.10. The van der Waals surface area contributed by atoms with E-state index in [4.69, 9.17) is 10.00 Å². The van der Waals surface area contributed by atoms with E-state index in [2.05, 4.69) is 5.32 Å². The fourth-order valence-electron chi connectivity index (χ4n) is 1.56. The summed E-state index contributed by atoms with van der Waals surface area (Å²) in [4.78, 5) is 12.9. The number of benzene rings is 1. The molecule has 1 aromatic carbocycles. The second-order valence-electron chi connectivity index (χ2n) is 3.87. The van der Waals surface area contributed by atoms with E-state index in [0.29, 0.717) is 11.4 Å². The Labute approximate surface area is 120 Å². The summed E-state index contributed by atoms with van der Waals surface area (Å²) in [5.74, 6) is 0.206. The summed E-state index contributed by atoms with van der Waals surface area (Å²) in [5.41, 5.74) is 0.650. The van der Waals surface area contributed by atoms with Crippen molar-refractivity contribution in [1.82, 2.24) is 0 Å². The van der Waals surface area contributed by atoms with Gasteiger partial charge in [-0.25, -0.2) is 0 Å². The number of ether oxygens (including phenoxy) is 1. The number of rotatable bonds is 4. The van der Waals surface area contributed by atoms with Gasteiger partial charge < -0.3 is 10.1 Å². The minimum atomic E-state index is -0.436. The van der Waals surface area contributed by atoms with Crippen LogP contribution in [0.1, 0.15) is 4.88 Å². The summed E-state index contributed by atoms with van der Waals surface area (Å²) in [6, 6.07) is 12.6. The average molecular weight is 284 g/mol. The summed E-state index contributed by atoms with van der Waals surface area (Å²) >= 11 is 1.47. The molecule has 1 amide bonds. The molecule has 20 heavy (non-hydrogen) atoms. The van der Waals surface area contributed by atoms with Crippen LogP contribution < -0.4 is 10.1 Å². The Morgan fingerprint density at radius 2 is 2.25 bits per heavy atom. The average Bonchev–Trinajstić information content (AvgIpc) is 2.97. The molecule has 100 valence electrons. The Kier molecular flexibility index (Phi) is 4.53. The number of nitrogens with one attached hydrogen (secondary N) is 1. The zero-order valence-electron chi connectivity index (χ0n) is 10.8. The first-order chi connectivity index (χ1) is 9.72. The fraction of sp³-hybridized carbons (Fsp3) is 0.0667. The Morgan fingerprint density at radius 3 is 2.90 bits per heavy atom. The zero-order chi connectivity index (χ0) is 14.4. The largest absolute Gasteiger partial charge is 0.497 e. The lowest BCUT2D eigenvalue weighted by molar-refractivity contribution is -0.112. The van der Waals surface area contributed by atoms with Crippen molar-refractivity contribution in [3.63, 3.8) is 0 Å². The van der Waals surface area contributed by atoms with E-state index < -0.39 is 5.91 Å². The number of methoxy groups -OCH3 is 1. The lowest BCUT2D eigenvalue weighted by Gasteiger charge is -2.06. The highest BCUT2D eigenvalue weighted by Crippen LogP contribution is 2.18. The number of anilines is 1. The molecule has 1 aromatic heterocycles. The van der Waals surface area contributed by atoms with Gasteiger partial charge in [0.15, 0.2) is 0 Å². The first-order valence-corrected chi connectivity index (χ1v) is 6.71. The number of nitriles is 1. The smallest absolute Gasteiger partial charge is 0.266 e. The molecule has 0 bridgehead atoms. The first-order valence-electron chi connectivity index (χ1n) is 5.83. The lowest BCUT2D eigenvalue weighted by Crippen LogP contribution is -2.13. The number of hydrogen-bond donors (Lipinski definition) is 1. The van der Waals surface area contributed by atoms with Crippen LogP contribution in [0.2, 0.25) is 0 Å². The quantitative estimate of drug-likeness (QED) is 0.692. The number of hydrogen-bond acceptors (Lipinski definition) is 4. The van der Waals surface area contributed by atoms with E-state index in [9.17, 15) is 4.79 Å². The summed E-state index contributed by atoms with van der Waals surface area (Å²) in [6.45, 7) is 0. The number of carbonyl (C=O) groups excluding carboxylic acids is 1. The van der Waals surface area contributed by atoms with Gasteiger partial charge in [0, 0.05) is 16.6 Å². The fourth-order valence-corrected chi connectivity index (χ4v) is 2.22. The van der Waals surface area contributed by atoms with Crippen molar-refractivity contribution >= 4 is 29.0 Å². The van der Waals surface area contributed by atoms with Gasteiger partial charge in [-0.15, -0.1) is 11.3 Å². The van der Waals surface area contributed by atoms with Gasteiger partial charge in [-0.2, -0.15) is 5.26 Å². The Hall–Kier alpha value is -2.58. The molecule has 0 aliphatic carbocycles. The van der Waals surface area contributed by atoms with Crippen molar-refractivity contribution in [2.75, 3.05) is 12.4 Å². The topological polar surface area (TPSA) is 62.1 Å². The Bertz CT molecular complexity index is 669. The zero-order valence-corrected chi connectivity index (χ0v) is 11.6. The van der Waals surface area contributed by atoms with E-state index in [-0.39, 0.29) is 5.57 Å². The van der Waals surface area contributed by atoms with Gasteiger partial charge in [0.2, 0.25) is 0 Å². The highest BCUT2D eigenvalue weighted by Gasteiger charge is 2.10. The molecule has 0 unspecified atom stereocenters. The molecule has 1 heterocycles. The molecule has 0 fully saturated rings. The van der Waals surface area contributed by atoms with Crippen LogP contribution in [0.15, 0.2) is 47.4 Å². The summed E-state index contributed by atoms with van der Waals surface area (Å²) in [5, 5.41) is 13.6. The van der Waals surface area contributed by atoms with E-state index in [0.717, 1.165) is 4.88 Å². The number of carbonyl (C=O) groups is 1. The van der Waals surface area contributed by atoms with Crippen LogP contribution in [0.4, 0.5) is 5.69 Å². The van der Waals surface area contributed by atoms with Gasteiger partial charge in [-0.3, -0.25) is 4.79 Å². The van der Waals surface area contributed by atoms with E-state index in [1.54, 1.807) is 37.5 Å². The van der Waals surface area contributed by atoms with Crippen LogP contribution >= 0.6 is 11.3 Å². The third-order valence-corrected chi connectivity index (χ3v) is 3.34. The van der Waals surface area contributed by atoms with Crippen molar-refractivity contribution in [2.24, 2.45) is 0 Å². The van der Waals surface area contributed by atoms with Gasteiger partial charge in [-0.1, -0.05) is 12.1 Å². The van der Waals surface area contributed by atoms with Gasteiger partial charge in [0.1, 0.15) is 17.4 Å². The predicted octanol–water partition coefficient (Wildman–Crippen LogP) is 3.30. The number of nitrogens with zero attached hydrogens (tertiary/aromatic N) is 1. The molecule has 5 heteroatoms. The summed E-state index contributed by atoms with van der Waals surface area (Å²) in [6.07, 6.45) is 1.57. The van der Waals surface area contributed by atoms with E-state index >= 15 is 0 Å². The molecule has 1 N–H and O–H groups in total. The standard InChI is InChI=1S/C15H12N2O2S/c1-19-13-5-2-4-12(9-13)17-15(18)11(10-16)8-14-6-3-7-20-14/h2-9H,1H3,(H,17,18)/b11-8+. The number of thiophene rings is 1. The molecule has 2 aromatic rings. The first kappa shape index (κ1) is 13.8. The van der Waals surface area contributed by atoms with Crippen molar-refractivity contribution in [2.45, 2.75) is 0 Å². The third-order valence-electron chi connectivity index (χ3n) is 2.52. The predicted molar refractivity (Wildman–Crippen MR) is 79.5 cm³/mol. The maximum atomic E-state index is 12.0. The van der Waals surface area contributed by atoms with Crippen LogP contribution in [-0.4, -0.2) is 13.0 Å². The normalized spacial score (nSPS) is 10.7. The molecule has 0 aliphatic heterocycles. The molecule has 0 spiro atoms. The van der Waals surface area contributed by atoms with Crippen molar-refractivity contribution in [1.29, 1.82) is 5.26 Å².